The fraction of sp³-hybridized carbons (Fsp3) is 0.538. The number of anilines is 2. The summed E-state index contributed by atoms with van der Waals surface area (Å²) in [5.74, 6) is 0.181. The molecule has 3 N–H and O–H groups in total. The molecule has 6 nitrogen and oxygen atoms in total. The van der Waals surface area contributed by atoms with Crippen LogP contribution in [0.25, 0.3) is 0 Å². The van der Waals surface area contributed by atoms with Crippen LogP contribution in [0.1, 0.15) is 29.6 Å². The van der Waals surface area contributed by atoms with Crippen molar-refractivity contribution in [3.05, 3.63) is 17.8 Å². The maximum atomic E-state index is 11.5. The summed E-state index contributed by atoms with van der Waals surface area (Å²) in [7, 11) is 3.05. The van der Waals surface area contributed by atoms with E-state index in [1.165, 1.54) is 13.3 Å². The minimum absolute atomic E-state index is 0.298. The first-order chi connectivity index (χ1) is 9.13. The van der Waals surface area contributed by atoms with Crippen molar-refractivity contribution in [2.24, 2.45) is 0 Å². The van der Waals surface area contributed by atoms with Gasteiger partial charge in [-0.3, -0.25) is 0 Å². The summed E-state index contributed by atoms with van der Waals surface area (Å²) in [6.45, 7) is 0. The third-order valence-electron chi connectivity index (χ3n) is 3.41. The molecule has 0 saturated heterocycles. The topological polar surface area (TPSA) is 86.5 Å². The fourth-order valence-electron chi connectivity index (χ4n) is 2.33. The molecule has 1 fully saturated rings. The number of carbonyl (C=O) groups excluding carboxylic acids is 1. The Morgan fingerprint density at radius 3 is 2.89 bits per heavy atom. The van der Waals surface area contributed by atoms with E-state index in [2.05, 4.69) is 15.0 Å². The van der Waals surface area contributed by atoms with E-state index < -0.39 is 5.97 Å². The fourth-order valence-corrected chi connectivity index (χ4v) is 2.33. The van der Waals surface area contributed by atoms with E-state index in [-0.39, 0.29) is 0 Å². The molecule has 1 saturated carbocycles. The molecule has 1 aliphatic rings. The molecule has 2 unspecified atom stereocenters. The first-order valence-corrected chi connectivity index (χ1v) is 6.27. The molecule has 1 aromatic heterocycles. The largest absolute Gasteiger partial charge is 0.465 e. The molecule has 0 amide bonds. The number of methoxy groups -OCH3 is 2. The number of nitrogens with one attached hydrogen (secondary N) is 1. The number of rotatable bonds is 4. The van der Waals surface area contributed by atoms with Crippen molar-refractivity contribution in [3.63, 3.8) is 0 Å². The molecule has 6 heteroatoms. The van der Waals surface area contributed by atoms with Crippen LogP contribution >= 0.6 is 0 Å². The van der Waals surface area contributed by atoms with Gasteiger partial charge in [0.05, 0.1) is 30.7 Å². The van der Waals surface area contributed by atoms with Gasteiger partial charge in [0.1, 0.15) is 5.82 Å². The highest BCUT2D eigenvalue weighted by atomic mass is 16.5. The van der Waals surface area contributed by atoms with Crippen molar-refractivity contribution in [2.75, 3.05) is 25.3 Å². The second-order valence-electron chi connectivity index (χ2n) is 4.66. The van der Waals surface area contributed by atoms with Crippen molar-refractivity contribution >= 4 is 17.5 Å². The van der Waals surface area contributed by atoms with E-state index in [1.54, 1.807) is 13.2 Å². The Bertz CT molecular complexity index is 464. The Kier molecular flexibility index (Phi) is 4.21. The number of aromatic nitrogens is 1. The molecular weight excluding hydrogens is 246 g/mol. The average molecular weight is 265 g/mol. The standard InChI is InChI=1S/C13H19N3O3/c1-18-9-4-3-8(5-9)16-12-6-10(13(17)19-2)11(14)7-15-12/h6-9H,3-5,14H2,1-2H3,(H,15,16). The van der Waals surface area contributed by atoms with Gasteiger partial charge in [0.25, 0.3) is 0 Å². The Labute approximate surface area is 112 Å². The SMILES string of the molecule is COC(=O)c1cc(NC2CCC(OC)C2)ncc1N. The van der Waals surface area contributed by atoms with Crippen LogP contribution in [-0.2, 0) is 9.47 Å². The van der Waals surface area contributed by atoms with Gasteiger partial charge in [0, 0.05) is 13.2 Å². The Hall–Kier alpha value is -1.82. The number of hydrogen-bond acceptors (Lipinski definition) is 6. The van der Waals surface area contributed by atoms with E-state index in [0.29, 0.717) is 29.2 Å². The molecule has 1 aliphatic carbocycles. The highest BCUT2D eigenvalue weighted by molar-refractivity contribution is 5.95. The molecule has 1 heterocycles. The van der Waals surface area contributed by atoms with E-state index >= 15 is 0 Å². The van der Waals surface area contributed by atoms with Crippen LogP contribution in [-0.4, -0.2) is 37.3 Å². The number of esters is 1. The minimum atomic E-state index is -0.455. The van der Waals surface area contributed by atoms with Crippen LogP contribution in [0, 0.1) is 0 Å². The molecule has 0 spiro atoms. The molecule has 2 rings (SSSR count). The third kappa shape index (κ3) is 3.14. The van der Waals surface area contributed by atoms with Gasteiger partial charge in [-0.2, -0.15) is 0 Å². The van der Waals surface area contributed by atoms with E-state index in [1.807, 2.05) is 0 Å². The van der Waals surface area contributed by atoms with Gasteiger partial charge in [-0.05, 0) is 25.3 Å². The van der Waals surface area contributed by atoms with Crippen LogP contribution in [0.5, 0.6) is 0 Å². The maximum absolute atomic E-state index is 11.5. The number of nitrogen functional groups attached to an aromatic ring is 1. The Morgan fingerprint density at radius 1 is 1.47 bits per heavy atom. The summed E-state index contributed by atoms with van der Waals surface area (Å²) in [5.41, 5.74) is 6.36. The van der Waals surface area contributed by atoms with Crippen molar-refractivity contribution in [2.45, 2.75) is 31.4 Å². The van der Waals surface area contributed by atoms with Crippen LogP contribution in [0.2, 0.25) is 0 Å². The number of nitrogens with zero attached hydrogens (tertiary/aromatic N) is 1. The highest BCUT2D eigenvalue weighted by Gasteiger charge is 2.24. The normalized spacial score (nSPS) is 22.2. The van der Waals surface area contributed by atoms with Gasteiger partial charge in [0.15, 0.2) is 0 Å². The first kappa shape index (κ1) is 13.6. The zero-order valence-corrected chi connectivity index (χ0v) is 11.2. The van der Waals surface area contributed by atoms with Gasteiger partial charge in [-0.15, -0.1) is 0 Å². The summed E-state index contributed by atoms with van der Waals surface area (Å²) >= 11 is 0. The summed E-state index contributed by atoms with van der Waals surface area (Å²) in [4.78, 5) is 15.7. The van der Waals surface area contributed by atoms with E-state index in [0.717, 1.165) is 19.3 Å². The van der Waals surface area contributed by atoms with Crippen LogP contribution in [0.3, 0.4) is 0 Å². The third-order valence-corrected chi connectivity index (χ3v) is 3.41. The lowest BCUT2D eigenvalue weighted by atomic mass is 10.2. The predicted octanol–water partition coefficient (Wildman–Crippen LogP) is 1.43. The minimum Gasteiger partial charge on any atom is -0.465 e. The average Bonchev–Trinajstić information content (AvgIpc) is 2.87. The second kappa shape index (κ2) is 5.88. The molecule has 0 aliphatic heterocycles. The van der Waals surface area contributed by atoms with Crippen LogP contribution in [0.4, 0.5) is 11.5 Å². The molecule has 2 atom stereocenters. The number of ether oxygens (including phenoxy) is 2. The predicted molar refractivity (Wildman–Crippen MR) is 72.0 cm³/mol. The smallest absolute Gasteiger partial charge is 0.340 e. The van der Waals surface area contributed by atoms with Crippen molar-refractivity contribution in [3.8, 4) is 0 Å². The van der Waals surface area contributed by atoms with E-state index in [9.17, 15) is 4.79 Å². The number of pyridine rings is 1. The summed E-state index contributed by atoms with van der Waals surface area (Å²) in [6, 6.07) is 1.94. The number of carbonyl (C=O) groups is 1. The summed E-state index contributed by atoms with van der Waals surface area (Å²) in [6.07, 6.45) is 4.77. The van der Waals surface area contributed by atoms with Crippen molar-refractivity contribution in [1.82, 2.24) is 4.98 Å². The Morgan fingerprint density at radius 2 is 2.26 bits per heavy atom. The quantitative estimate of drug-likeness (QED) is 0.801. The summed E-state index contributed by atoms with van der Waals surface area (Å²) < 4.78 is 10.0. The summed E-state index contributed by atoms with van der Waals surface area (Å²) in [5, 5.41) is 3.30. The maximum Gasteiger partial charge on any atom is 0.340 e. The van der Waals surface area contributed by atoms with Gasteiger partial charge >= 0.3 is 5.97 Å². The highest BCUT2D eigenvalue weighted by Crippen LogP contribution is 2.25. The second-order valence-corrected chi connectivity index (χ2v) is 4.66. The van der Waals surface area contributed by atoms with Gasteiger partial charge in [-0.1, -0.05) is 0 Å². The van der Waals surface area contributed by atoms with Gasteiger partial charge < -0.3 is 20.5 Å². The molecular formula is C13H19N3O3. The lowest BCUT2D eigenvalue weighted by Gasteiger charge is -2.14. The zero-order chi connectivity index (χ0) is 13.8. The molecule has 0 aromatic carbocycles. The molecule has 19 heavy (non-hydrogen) atoms. The lowest BCUT2D eigenvalue weighted by Crippen LogP contribution is -2.18. The molecule has 0 bridgehead atoms. The van der Waals surface area contributed by atoms with Crippen molar-refractivity contribution < 1.29 is 14.3 Å². The first-order valence-electron chi connectivity index (χ1n) is 6.27. The van der Waals surface area contributed by atoms with Crippen molar-refractivity contribution in [1.29, 1.82) is 0 Å². The van der Waals surface area contributed by atoms with E-state index in [4.69, 9.17) is 10.5 Å². The Balaban J connectivity index is 2.07. The molecule has 1 aromatic rings. The molecule has 104 valence electrons. The van der Waals surface area contributed by atoms with Crippen LogP contribution in [0.15, 0.2) is 12.3 Å². The van der Waals surface area contributed by atoms with Gasteiger partial charge in [0.2, 0.25) is 0 Å². The van der Waals surface area contributed by atoms with Crippen LogP contribution < -0.4 is 11.1 Å². The number of hydrogen-bond donors (Lipinski definition) is 2. The zero-order valence-electron chi connectivity index (χ0n) is 11.2. The molecule has 0 radical (unpaired) electrons. The lowest BCUT2D eigenvalue weighted by molar-refractivity contribution is 0.0602. The van der Waals surface area contributed by atoms with Gasteiger partial charge in [-0.25, -0.2) is 9.78 Å². The monoisotopic (exact) mass is 265 g/mol. The number of nitrogens with two attached hydrogens (primary N) is 1.